The molecule has 0 aromatic heterocycles. The zero-order valence-corrected chi connectivity index (χ0v) is 8.18. The molecule has 1 fully saturated rings. The Morgan fingerprint density at radius 2 is 2.17 bits per heavy atom. The number of hydrogen-bond acceptors (Lipinski definition) is 2. The smallest absolute Gasteiger partial charge is 0.0487 e. The third-order valence-electron chi connectivity index (χ3n) is 3.02. The monoisotopic (exact) mass is 172 g/mol. The maximum absolute atomic E-state index is 9.25. The molecule has 0 aromatic carbocycles. The highest BCUT2D eigenvalue weighted by Gasteiger charge is 2.40. The van der Waals surface area contributed by atoms with Crippen LogP contribution in [0.5, 0.6) is 0 Å². The second-order valence-electron chi connectivity index (χ2n) is 4.18. The minimum atomic E-state index is 0.179. The molecule has 2 nitrogen and oxygen atoms in total. The second-order valence-corrected chi connectivity index (χ2v) is 4.18. The van der Waals surface area contributed by atoms with E-state index >= 15 is 0 Å². The van der Waals surface area contributed by atoms with Crippen LogP contribution < -0.4 is 0 Å². The Bertz CT molecular complexity index is 132. The standard InChI is InChI=1S/C10H20O2/c1-10(8-11,9-4-5-9)6-3-7-12-2/h9,11H,3-8H2,1-2H3. The van der Waals surface area contributed by atoms with Crippen LogP contribution >= 0.6 is 0 Å². The van der Waals surface area contributed by atoms with E-state index in [0.29, 0.717) is 6.61 Å². The van der Waals surface area contributed by atoms with E-state index in [1.165, 1.54) is 12.8 Å². The largest absolute Gasteiger partial charge is 0.396 e. The molecule has 12 heavy (non-hydrogen) atoms. The molecule has 0 bridgehead atoms. The van der Waals surface area contributed by atoms with Crippen LogP contribution in [0.25, 0.3) is 0 Å². The lowest BCUT2D eigenvalue weighted by molar-refractivity contribution is 0.0936. The Labute approximate surface area is 74.9 Å². The van der Waals surface area contributed by atoms with Crippen molar-refractivity contribution in [3.8, 4) is 0 Å². The first kappa shape index (κ1) is 10.0. The van der Waals surface area contributed by atoms with E-state index in [2.05, 4.69) is 6.92 Å². The summed E-state index contributed by atoms with van der Waals surface area (Å²) in [5.41, 5.74) is 0.179. The van der Waals surface area contributed by atoms with Gasteiger partial charge >= 0.3 is 0 Å². The van der Waals surface area contributed by atoms with Crippen molar-refractivity contribution >= 4 is 0 Å². The van der Waals surface area contributed by atoms with Crippen LogP contribution in [-0.4, -0.2) is 25.4 Å². The second kappa shape index (κ2) is 4.24. The molecule has 1 atom stereocenters. The van der Waals surface area contributed by atoms with E-state index in [9.17, 15) is 5.11 Å². The van der Waals surface area contributed by atoms with Gasteiger partial charge in [-0.2, -0.15) is 0 Å². The summed E-state index contributed by atoms with van der Waals surface area (Å²) < 4.78 is 5.00. The van der Waals surface area contributed by atoms with Crippen LogP contribution in [0.2, 0.25) is 0 Å². The van der Waals surface area contributed by atoms with Crippen molar-refractivity contribution in [1.82, 2.24) is 0 Å². The molecule has 0 aromatic rings. The zero-order valence-electron chi connectivity index (χ0n) is 8.18. The van der Waals surface area contributed by atoms with Crippen molar-refractivity contribution in [3.63, 3.8) is 0 Å². The van der Waals surface area contributed by atoms with Gasteiger partial charge in [-0.1, -0.05) is 6.92 Å². The van der Waals surface area contributed by atoms with Crippen LogP contribution in [0.4, 0.5) is 0 Å². The van der Waals surface area contributed by atoms with E-state index in [0.717, 1.165) is 25.4 Å². The number of aliphatic hydroxyl groups is 1. The Kier molecular flexibility index (Phi) is 3.53. The van der Waals surface area contributed by atoms with E-state index in [1.807, 2.05) is 0 Å². The van der Waals surface area contributed by atoms with Crippen molar-refractivity contribution in [3.05, 3.63) is 0 Å². The predicted molar refractivity (Wildman–Crippen MR) is 49.0 cm³/mol. The number of hydrogen-bond donors (Lipinski definition) is 1. The van der Waals surface area contributed by atoms with Crippen molar-refractivity contribution < 1.29 is 9.84 Å². The number of aliphatic hydroxyl groups excluding tert-OH is 1. The molecule has 72 valence electrons. The van der Waals surface area contributed by atoms with Gasteiger partial charge in [-0.15, -0.1) is 0 Å². The van der Waals surface area contributed by atoms with Gasteiger partial charge < -0.3 is 9.84 Å². The first-order valence-electron chi connectivity index (χ1n) is 4.83. The normalized spacial score (nSPS) is 22.2. The maximum atomic E-state index is 9.25. The summed E-state index contributed by atoms with van der Waals surface area (Å²) >= 11 is 0. The Morgan fingerprint density at radius 1 is 1.50 bits per heavy atom. The molecule has 0 aliphatic heterocycles. The van der Waals surface area contributed by atoms with Crippen molar-refractivity contribution in [2.45, 2.75) is 32.6 Å². The van der Waals surface area contributed by atoms with Crippen molar-refractivity contribution in [1.29, 1.82) is 0 Å². The average Bonchev–Trinajstić information content (AvgIpc) is 2.87. The summed E-state index contributed by atoms with van der Waals surface area (Å²) in [7, 11) is 1.73. The molecular weight excluding hydrogens is 152 g/mol. The molecule has 1 saturated carbocycles. The quantitative estimate of drug-likeness (QED) is 0.619. The van der Waals surface area contributed by atoms with Crippen LogP contribution in [0.3, 0.4) is 0 Å². The molecule has 0 spiro atoms. The molecule has 0 amide bonds. The molecular formula is C10H20O2. The lowest BCUT2D eigenvalue weighted by Gasteiger charge is -2.26. The van der Waals surface area contributed by atoms with Crippen molar-refractivity contribution in [2.24, 2.45) is 11.3 Å². The highest BCUT2D eigenvalue weighted by atomic mass is 16.5. The van der Waals surface area contributed by atoms with Gasteiger partial charge in [0, 0.05) is 20.3 Å². The molecule has 1 unspecified atom stereocenters. The predicted octanol–water partition coefficient (Wildman–Crippen LogP) is 1.82. The van der Waals surface area contributed by atoms with Gasteiger partial charge in [-0.3, -0.25) is 0 Å². The van der Waals surface area contributed by atoms with Crippen molar-refractivity contribution in [2.75, 3.05) is 20.3 Å². The van der Waals surface area contributed by atoms with E-state index < -0.39 is 0 Å². The van der Waals surface area contributed by atoms with E-state index in [-0.39, 0.29) is 5.41 Å². The van der Waals surface area contributed by atoms with Crippen LogP contribution in [0, 0.1) is 11.3 Å². The van der Waals surface area contributed by atoms with Gasteiger partial charge in [-0.05, 0) is 37.0 Å². The Morgan fingerprint density at radius 3 is 2.58 bits per heavy atom. The molecule has 0 radical (unpaired) electrons. The number of rotatable bonds is 6. The molecule has 0 saturated heterocycles. The van der Waals surface area contributed by atoms with E-state index in [4.69, 9.17) is 4.74 Å². The lowest BCUT2D eigenvalue weighted by atomic mass is 9.81. The maximum Gasteiger partial charge on any atom is 0.0487 e. The topological polar surface area (TPSA) is 29.5 Å². The fraction of sp³-hybridized carbons (Fsp3) is 1.00. The molecule has 1 aliphatic carbocycles. The minimum Gasteiger partial charge on any atom is -0.396 e. The summed E-state index contributed by atoms with van der Waals surface area (Å²) in [6, 6.07) is 0. The third-order valence-corrected chi connectivity index (χ3v) is 3.02. The summed E-state index contributed by atoms with van der Waals surface area (Å²) in [4.78, 5) is 0. The highest BCUT2D eigenvalue weighted by molar-refractivity contribution is 4.90. The summed E-state index contributed by atoms with van der Waals surface area (Å²) in [6.07, 6.45) is 4.79. The van der Waals surface area contributed by atoms with Crippen LogP contribution in [0.15, 0.2) is 0 Å². The highest BCUT2D eigenvalue weighted by Crippen LogP contribution is 2.47. The van der Waals surface area contributed by atoms with Crippen LogP contribution in [0.1, 0.15) is 32.6 Å². The Balaban J connectivity index is 2.23. The van der Waals surface area contributed by atoms with Gasteiger partial charge in [0.15, 0.2) is 0 Å². The fourth-order valence-corrected chi connectivity index (χ4v) is 1.81. The zero-order chi connectivity index (χ0) is 9.03. The Hall–Kier alpha value is -0.0800. The fourth-order valence-electron chi connectivity index (χ4n) is 1.81. The summed E-state index contributed by atoms with van der Waals surface area (Å²) in [5, 5.41) is 9.25. The van der Waals surface area contributed by atoms with Gasteiger partial charge in [0.05, 0.1) is 0 Å². The van der Waals surface area contributed by atoms with Gasteiger partial charge in [0.1, 0.15) is 0 Å². The minimum absolute atomic E-state index is 0.179. The van der Waals surface area contributed by atoms with Gasteiger partial charge in [0.2, 0.25) is 0 Å². The average molecular weight is 172 g/mol. The van der Waals surface area contributed by atoms with Crippen LogP contribution in [-0.2, 0) is 4.74 Å². The SMILES string of the molecule is COCCCC(C)(CO)C1CC1. The van der Waals surface area contributed by atoms with Gasteiger partial charge in [0.25, 0.3) is 0 Å². The molecule has 0 heterocycles. The van der Waals surface area contributed by atoms with Gasteiger partial charge in [-0.25, -0.2) is 0 Å². The molecule has 1 rings (SSSR count). The summed E-state index contributed by atoms with van der Waals surface area (Å²) in [5.74, 6) is 0.777. The first-order valence-corrected chi connectivity index (χ1v) is 4.83. The molecule has 1 aliphatic rings. The molecule has 2 heteroatoms. The summed E-state index contributed by atoms with van der Waals surface area (Å²) in [6.45, 7) is 3.35. The third kappa shape index (κ3) is 2.46. The van der Waals surface area contributed by atoms with E-state index in [1.54, 1.807) is 7.11 Å². The number of methoxy groups -OCH3 is 1. The first-order chi connectivity index (χ1) is 5.73. The lowest BCUT2D eigenvalue weighted by Crippen LogP contribution is -2.24. The molecule has 1 N–H and O–H groups in total. The number of ether oxygens (including phenoxy) is 1.